The molecule has 0 unspecified atom stereocenters. The van der Waals surface area contributed by atoms with Crippen molar-refractivity contribution in [2.24, 2.45) is 49.3 Å². The topological polar surface area (TPSA) is 27.2 Å². The third-order valence-electron chi connectivity index (χ3n) is 24.5. The van der Waals surface area contributed by atoms with Crippen molar-refractivity contribution in [2.75, 3.05) is 0 Å². The first-order valence-electron chi connectivity index (χ1n) is 50.2. The Kier molecular flexibility index (Phi) is 25.9. The van der Waals surface area contributed by atoms with Gasteiger partial charge in [0.2, 0.25) is 39.9 Å². The van der Waals surface area contributed by atoms with Crippen LogP contribution >= 0.6 is 0 Å². The molecule has 7 aromatic heterocycles. The maximum atomic E-state index is 7.62. The quantitative estimate of drug-likeness (QED) is 0.142. The number of nitrogens with zero attached hydrogens (tertiary/aromatic N) is 7. The average molecular weight is 1660 g/mol. The van der Waals surface area contributed by atoms with Crippen LogP contribution in [0.1, 0.15) is 199 Å². The molecule has 0 radical (unpaired) electrons. The van der Waals surface area contributed by atoms with Crippen molar-refractivity contribution in [2.45, 2.75) is 221 Å². The summed E-state index contributed by atoms with van der Waals surface area (Å²) in [6.07, 6.45) is 13.8. The highest BCUT2D eigenvalue weighted by molar-refractivity contribution is 5.71. The van der Waals surface area contributed by atoms with Gasteiger partial charge in [0.25, 0.3) is 0 Å². The molecule has 0 bridgehead atoms. The van der Waals surface area contributed by atoms with Crippen LogP contribution in [0.5, 0.6) is 0 Å². The molecular formula is C116H148N7+7. The molecule has 0 atom stereocenters. The van der Waals surface area contributed by atoms with Crippen molar-refractivity contribution >= 4 is 0 Å². The molecule has 0 N–H and O–H groups in total. The predicted octanol–water partition coefficient (Wildman–Crippen LogP) is 25.1. The third-order valence-corrected chi connectivity index (χ3v) is 24.5. The number of aromatic nitrogens is 7. The van der Waals surface area contributed by atoms with Crippen LogP contribution in [0.4, 0.5) is 0 Å². The van der Waals surface area contributed by atoms with Gasteiger partial charge in [0.1, 0.15) is 49.3 Å². The van der Waals surface area contributed by atoms with Crippen molar-refractivity contribution in [1.29, 1.82) is 0 Å². The molecule has 123 heavy (non-hydrogen) atoms. The molecule has 0 aliphatic rings. The number of aryl methyl sites for hydroxylation is 37. The Morgan fingerprint density at radius 2 is 0.407 bits per heavy atom. The fraction of sp³-hybridized carbons (Fsp3) is 0.336. The molecule has 7 heteroatoms. The molecule has 640 valence electrons. The summed E-state index contributed by atoms with van der Waals surface area (Å²) in [4.78, 5) is 0. The monoisotopic (exact) mass is 1650 g/mol. The summed E-state index contributed by atoms with van der Waals surface area (Å²) in [5.41, 5.74) is 50.1. The minimum atomic E-state index is -2.16. The van der Waals surface area contributed by atoms with Gasteiger partial charge in [0.05, 0.1) is 11.1 Å². The zero-order chi connectivity index (χ0) is 104. The van der Waals surface area contributed by atoms with E-state index in [9.17, 15) is 0 Å². The predicted molar refractivity (Wildman–Crippen MR) is 523 cm³/mol. The Bertz CT molecular complexity index is 6730. The van der Waals surface area contributed by atoms with Crippen LogP contribution in [-0.4, -0.2) is 0 Å². The van der Waals surface area contributed by atoms with Gasteiger partial charge >= 0.3 is 0 Å². The fourth-order valence-corrected chi connectivity index (χ4v) is 16.1. The lowest BCUT2D eigenvalue weighted by atomic mass is 9.95. The van der Waals surface area contributed by atoms with Crippen LogP contribution in [0, 0.1) is 221 Å². The van der Waals surface area contributed by atoms with Crippen LogP contribution < -0.4 is 32.0 Å². The van der Waals surface area contributed by atoms with Gasteiger partial charge in [-0.1, -0.05) is 89.5 Å². The number of benzene rings is 7. The highest BCUT2D eigenvalue weighted by Crippen LogP contribution is 2.33. The van der Waals surface area contributed by atoms with E-state index >= 15 is 0 Å². The number of rotatable bonds is 7. The van der Waals surface area contributed by atoms with Crippen LogP contribution in [0.2, 0.25) is 0 Å². The smallest absolute Gasteiger partial charge is 0.201 e. The van der Waals surface area contributed by atoms with E-state index in [1.807, 2.05) is 69.6 Å². The van der Waals surface area contributed by atoms with Gasteiger partial charge in [-0.15, -0.1) is 0 Å². The Morgan fingerprint density at radius 3 is 0.732 bits per heavy atom. The summed E-state index contributed by atoms with van der Waals surface area (Å²) in [5.74, 6) is 0. The highest BCUT2D eigenvalue weighted by Gasteiger charge is 2.23. The van der Waals surface area contributed by atoms with Gasteiger partial charge in [-0.05, 0) is 374 Å². The molecule has 7 heterocycles. The zero-order valence-corrected chi connectivity index (χ0v) is 80.5. The van der Waals surface area contributed by atoms with Gasteiger partial charge < -0.3 is 0 Å². The molecule has 0 aliphatic carbocycles. The van der Waals surface area contributed by atoms with Crippen molar-refractivity contribution in [1.82, 2.24) is 0 Å². The highest BCUT2D eigenvalue weighted by atomic mass is 15.0. The largest absolute Gasteiger partial charge is 0.213 e. The Balaban J connectivity index is 0.000000198. The lowest BCUT2D eigenvalue weighted by molar-refractivity contribution is -0.660. The summed E-state index contributed by atoms with van der Waals surface area (Å²) < 4.78 is 128. The molecule has 7 aromatic carbocycles. The molecular weight excluding hydrogens is 1490 g/mol. The molecule has 0 fully saturated rings. The summed E-state index contributed by atoms with van der Waals surface area (Å²) in [6, 6.07) is 50.1. The molecule has 0 saturated carbocycles. The molecule has 14 rings (SSSR count). The van der Waals surface area contributed by atoms with E-state index in [4.69, 9.17) is 20.6 Å². The maximum Gasteiger partial charge on any atom is 0.213 e. The van der Waals surface area contributed by atoms with Crippen LogP contribution in [0.3, 0.4) is 0 Å². The molecule has 7 nitrogen and oxygen atoms in total. The van der Waals surface area contributed by atoms with E-state index in [0.29, 0.717) is 44.5 Å². The summed E-state index contributed by atoms with van der Waals surface area (Å²) in [5, 5.41) is 0. The van der Waals surface area contributed by atoms with Gasteiger partial charge in [-0.3, -0.25) is 0 Å². The van der Waals surface area contributed by atoms with E-state index < -0.39 is 34.3 Å². The third kappa shape index (κ3) is 23.9. The normalized spacial score (nSPS) is 13.0. The molecule has 0 aliphatic heterocycles. The molecule has 0 amide bonds. The van der Waals surface area contributed by atoms with Gasteiger partial charge in [0.15, 0.2) is 43.4 Å². The number of hydrogen-bond acceptors (Lipinski definition) is 0. The minimum Gasteiger partial charge on any atom is -0.201 e. The van der Waals surface area contributed by atoms with Crippen molar-refractivity contribution in [3.05, 3.63) is 367 Å². The first-order chi connectivity index (χ1) is 63.6. The fourth-order valence-electron chi connectivity index (χ4n) is 16.1. The summed E-state index contributed by atoms with van der Waals surface area (Å²) in [6.45, 7) is 45.5. The van der Waals surface area contributed by atoms with Gasteiger partial charge in [-0.2, -0.15) is 0 Å². The Morgan fingerprint density at radius 1 is 0.163 bits per heavy atom. The lowest BCUT2D eigenvalue weighted by Crippen LogP contribution is -2.31. The minimum absolute atomic E-state index is 0.319. The molecule has 0 spiro atoms. The number of hydrogen-bond donors (Lipinski definition) is 0. The van der Waals surface area contributed by atoms with E-state index in [0.717, 1.165) is 56.0 Å². The van der Waals surface area contributed by atoms with Gasteiger partial charge in [-0.25, -0.2) is 32.0 Å². The second-order valence-corrected chi connectivity index (χ2v) is 34.9. The first kappa shape index (κ1) is 76.5. The van der Waals surface area contributed by atoms with E-state index in [2.05, 4.69) is 307 Å². The Hall–Kier alpha value is -11.4. The first-order valence-corrected chi connectivity index (χ1v) is 42.7. The van der Waals surface area contributed by atoms with E-state index in [-0.39, 0.29) is 0 Å². The van der Waals surface area contributed by atoms with Crippen LogP contribution in [0.15, 0.2) is 189 Å². The summed E-state index contributed by atoms with van der Waals surface area (Å²) >= 11 is 0. The standard InChI is InChI=1S/4C17H22N.3C16H20N/c2*1-11-7-14(4)16(8-12(11)2)17-9-13(3)15(5)10-18(17)6;2*1-11-7-13(3)17(14(4)8-11)16-9-12(2)15(5)10-18(16)6;1-11-6-7-15(13(3)8-11)16-9-12(2)14(4)10-17(16)5;2*1-11-7-6-8-15(14(11)4)16-9-12(2)13(3)10-17(16)5/h4*7-10H,1-6H3;3*6-10H,1-5H3/q7*+1/i1D3,5D3;;1D3,5D3;;;3D3;. The SMILES string of the molecule is Cc1cc(-c2cccc(C)c2C)[n+](C)cc1C.Cc1cc(C)c(-c2cc(C)c(C)c[n+]2C)c(C)c1.Cc1cc(C)c(-c2cc(C)c(C)c[n+]2C)cc1C.Cc1ccc(-c2cc(C)c(C)c[n+]2C)c(C)c1.[2H]C([2H])([2H])c1c[n+](C)c(-c2cccc(C)c2C)cc1C.[2H]C([2H])([2H])c1cc(C)c(-c2cc(C)c(C([2H])([2H])[2H])c[n+]2C)c(C)c1.[2H]C([2H])([2H])c1cc(C)c(-c2cc(C)c(C([2H])([2H])[2H])c[n+]2C)cc1C. The van der Waals surface area contributed by atoms with E-state index in [1.165, 1.54) is 156 Å². The lowest BCUT2D eigenvalue weighted by Gasteiger charge is -2.11. The van der Waals surface area contributed by atoms with Crippen molar-refractivity contribution in [3.63, 3.8) is 0 Å². The zero-order valence-electron chi connectivity index (χ0n) is 95.5. The summed E-state index contributed by atoms with van der Waals surface area (Å²) in [7, 11) is 14.0. The van der Waals surface area contributed by atoms with Gasteiger partial charge in [0, 0.05) is 130 Å². The molecule has 0 saturated heterocycles. The molecule has 14 aromatic rings. The van der Waals surface area contributed by atoms with Crippen LogP contribution in [0.25, 0.3) is 78.8 Å². The van der Waals surface area contributed by atoms with E-state index in [1.54, 1.807) is 80.8 Å². The van der Waals surface area contributed by atoms with Crippen molar-refractivity contribution < 1.29 is 52.5 Å². The second kappa shape index (κ2) is 41.6. The second-order valence-electron chi connectivity index (χ2n) is 34.9. The average Bonchev–Trinajstić information content (AvgIpc) is 0.772. The van der Waals surface area contributed by atoms with Crippen molar-refractivity contribution in [3.8, 4) is 78.8 Å². The number of pyridine rings is 7. The maximum absolute atomic E-state index is 7.62. The Labute approximate surface area is 765 Å². The van der Waals surface area contributed by atoms with Crippen LogP contribution in [-0.2, 0) is 49.3 Å².